The third-order valence-electron chi connectivity index (χ3n) is 4.31. The monoisotopic (exact) mass is 386 g/mol. The third-order valence-corrected chi connectivity index (χ3v) is 4.31. The van der Waals surface area contributed by atoms with Crippen molar-refractivity contribution >= 4 is 0 Å². The van der Waals surface area contributed by atoms with Gasteiger partial charge in [0, 0.05) is 6.07 Å². The highest BCUT2D eigenvalue weighted by Crippen LogP contribution is 2.46. The molecule has 9 nitrogen and oxygen atoms in total. The molecule has 2 aromatic rings. The van der Waals surface area contributed by atoms with Crippen molar-refractivity contribution in [3.05, 3.63) is 57.0 Å². The standard InChI is InChI=1S/C19H18N2O7/c1-24-13-4-9(5-14(25-2)17(13)26-3)15-11(7-20)19(21)28-16-12(23)6-10(8-22)27-18(15)16/h4-6,15,22H,8,21H2,1-3H3/t15-/m1/s1. The number of methoxy groups -OCH3 is 3. The fourth-order valence-corrected chi connectivity index (χ4v) is 3.06. The van der Waals surface area contributed by atoms with Gasteiger partial charge in [0.1, 0.15) is 24.0 Å². The van der Waals surface area contributed by atoms with Gasteiger partial charge in [-0.25, -0.2) is 0 Å². The van der Waals surface area contributed by atoms with E-state index in [4.69, 9.17) is 29.1 Å². The first kappa shape index (κ1) is 19.1. The highest BCUT2D eigenvalue weighted by Gasteiger charge is 2.36. The van der Waals surface area contributed by atoms with Crippen LogP contribution >= 0.6 is 0 Å². The summed E-state index contributed by atoms with van der Waals surface area (Å²) in [5.74, 6) is -0.0871. The minimum Gasteiger partial charge on any atom is -0.493 e. The lowest BCUT2D eigenvalue weighted by molar-refractivity contribution is 0.231. The fraction of sp³-hybridized carbons (Fsp3) is 0.263. The zero-order chi connectivity index (χ0) is 20.4. The van der Waals surface area contributed by atoms with Gasteiger partial charge in [0.25, 0.3) is 0 Å². The van der Waals surface area contributed by atoms with E-state index in [1.165, 1.54) is 21.3 Å². The molecule has 0 unspecified atom stereocenters. The lowest BCUT2D eigenvalue weighted by Gasteiger charge is -2.25. The maximum absolute atomic E-state index is 12.4. The number of aliphatic hydroxyl groups is 1. The number of hydrogen-bond donors (Lipinski definition) is 2. The molecule has 1 aliphatic rings. The largest absolute Gasteiger partial charge is 0.493 e. The number of aliphatic hydroxyl groups excluding tert-OH is 1. The third kappa shape index (κ3) is 3.00. The van der Waals surface area contributed by atoms with Crippen LogP contribution < -0.4 is 30.1 Å². The van der Waals surface area contributed by atoms with Gasteiger partial charge in [0.15, 0.2) is 17.3 Å². The summed E-state index contributed by atoms with van der Waals surface area (Å²) in [6.45, 7) is -0.494. The van der Waals surface area contributed by atoms with Gasteiger partial charge in [0.05, 0.1) is 27.2 Å². The van der Waals surface area contributed by atoms with Crippen LogP contribution in [-0.4, -0.2) is 26.4 Å². The normalized spacial score (nSPS) is 15.3. The predicted octanol–water partition coefficient (Wildman–Crippen LogP) is 1.38. The Bertz CT molecular complexity index is 1020. The van der Waals surface area contributed by atoms with E-state index >= 15 is 0 Å². The number of nitriles is 1. The van der Waals surface area contributed by atoms with E-state index in [0.717, 1.165) is 6.07 Å². The van der Waals surface area contributed by atoms with Crippen molar-refractivity contribution in [1.29, 1.82) is 5.26 Å². The van der Waals surface area contributed by atoms with E-state index in [-0.39, 0.29) is 28.7 Å². The number of fused-ring (bicyclic) bond motifs is 1. The number of nitrogens with zero attached hydrogens (tertiary/aromatic N) is 1. The quantitative estimate of drug-likeness (QED) is 0.780. The number of hydrogen-bond acceptors (Lipinski definition) is 9. The molecule has 0 amide bonds. The Morgan fingerprint density at radius 2 is 1.82 bits per heavy atom. The van der Waals surface area contributed by atoms with Gasteiger partial charge in [-0.2, -0.15) is 5.26 Å². The lowest BCUT2D eigenvalue weighted by Crippen LogP contribution is -2.25. The van der Waals surface area contributed by atoms with Gasteiger partial charge in [-0.3, -0.25) is 4.79 Å². The van der Waals surface area contributed by atoms with Gasteiger partial charge in [-0.1, -0.05) is 0 Å². The van der Waals surface area contributed by atoms with Crippen LogP contribution in [0.4, 0.5) is 0 Å². The molecule has 1 aromatic heterocycles. The summed E-state index contributed by atoms with van der Waals surface area (Å²) in [6, 6.07) is 6.35. The Hall–Kier alpha value is -3.64. The molecule has 0 radical (unpaired) electrons. The Labute approximate surface area is 160 Å². The minimum atomic E-state index is -0.873. The Morgan fingerprint density at radius 3 is 2.32 bits per heavy atom. The van der Waals surface area contributed by atoms with E-state index in [1.807, 2.05) is 6.07 Å². The molecule has 0 spiro atoms. The summed E-state index contributed by atoms with van der Waals surface area (Å²) < 4.78 is 27.0. The molecule has 0 aliphatic carbocycles. The molecule has 1 aromatic carbocycles. The van der Waals surface area contributed by atoms with Gasteiger partial charge < -0.3 is 34.2 Å². The first-order valence-electron chi connectivity index (χ1n) is 8.14. The first-order valence-corrected chi connectivity index (χ1v) is 8.14. The molecule has 0 saturated carbocycles. The first-order chi connectivity index (χ1) is 13.5. The average molecular weight is 386 g/mol. The summed E-state index contributed by atoms with van der Waals surface area (Å²) in [5, 5.41) is 19.0. The van der Waals surface area contributed by atoms with Gasteiger partial charge >= 0.3 is 0 Å². The molecule has 0 fully saturated rings. The second-order valence-corrected chi connectivity index (χ2v) is 5.81. The van der Waals surface area contributed by atoms with Crippen molar-refractivity contribution in [3.63, 3.8) is 0 Å². The van der Waals surface area contributed by atoms with Crippen molar-refractivity contribution in [3.8, 4) is 29.1 Å². The van der Waals surface area contributed by atoms with Crippen molar-refractivity contribution in [2.24, 2.45) is 5.73 Å². The predicted molar refractivity (Wildman–Crippen MR) is 96.3 cm³/mol. The highest BCUT2D eigenvalue weighted by atomic mass is 16.5. The summed E-state index contributed by atoms with van der Waals surface area (Å²) in [4.78, 5) is 12.4. The molecule has 9 heteroatoms. The van der Waals surface area contributed by atoms with Crippen LogP contribution in [0.3, 0.4) is 0 Å². The number of rotatable bonds is 5. The van der Waals surface area contributed by atoms with Crippen molar-refractivity contribution in [1.82, 2.24) is 0 Å². The number of ether oxygens (including phenoxy) is 4. The summed E-state index contributed by atoms with van der Waals surface area (Å²) in [5.41, 5.74) is 5.90. The molecular formula is C19H18N2O7. The van der Waals surface area contributed by atoms with E-state index < -0.39 is 18.0 Å². The smallest absolute Gasteiger partial charge is 0.228 e. The molecule has 3 rings (SSSR count). The molecule has 146 valence electrons. The molecule has 3 N–H and O–H groups in total. The Balaban J connectivity index is 2.33. The molecule has 1 atom stereocenters. The minimum absolute atomic E-state index is 0.0301. The molecule has 0 bridgehead atoms. The van der Waals surface area contributed by atoms with E-state index in [1.54, 1.807) is 12.1 Å². The molecule has 28 heavy (non-hydrogen) atoms. The van der Waals surface area contributed by atoms with Gasteiger partial charge in [0.2, 0.25) is 22.8 Å². The van der Waals surface area contributed by atoms with Crippen LogP contribution in [-0.2, 0) is 6.61 Å². The lowest BCUT2D eigenvalue weighted by atomic mass is 9.87. The zero-order valence-electron chi connectivity index (χ0n) is 15.4. The van der Waals surface area contributed by atoms with Crippen LogP contribution in [0.5, 0.6) is 23.0 Å². The van der Waals surface area contributed by atoms with Crippen LogP contribution in [0.2, 0.25) is 0 Å². The molecule has 2 heterocycles. The summed E-state index contributed by atoms with van der Waals surface area (Å²) in [6.07, 6.45) is 0. The SMILES string of the molecule is COc1cc([C@@H]2C(C#N)=C(N)Oc3c2oc(CO)cc3=O)cc(OC)c1OC. The zero-order valence-corrected chi connectivity index (χ0v) is 15.4. The van der Waals surface area contributed by atoms with Crippen molar-refractivity contribution in [2.45, 2.75) is 12.5 Å². The van der Waals surface area contributed by atoms with Crippen molar-refractivity contribution < 1.29 is 28.5 Å². The second-order valence-electron chi connectivity index (χ2n) is 5.81. The Kier molecular flexibility index (Phi) is 5.15. The maximum Gasteiger partial charge on any atom is 0.228 e. The van der Waals surface area contributed by atoms with Crippen LogP contribution in [0.15, 0.2) is 38.9 Å². The summed E-state index contributed by atoms with van der Waals surface area (Å²) >= 11 is 0. The average Bonchev–Trinajstić information content (AvgIpc) is 2.71. The van der Waals surface area contributed by atoms with Crippen LogP contribution in [0.25, 0.3) is 0 Å². The molecular weight excluding hydrogens is 368 g/mol. The Morgan fingerprint density at radius 1 is 1.18 bits per heavy atom. The van der Waals surface area contributed by atoms with Gasteiger partial charge in [-0.15, -0.1) is 0 Å². The number of nitrogens with two attached hydrogens (primary N) is 1. The summed E-state index contributed by atoms with van der Waals surface area (Å²) in [7, 11) is 4.38. The van der Waals surface area contributed by atoms with E-state index in [0.29, 0.717) is 22.8 Å². The maximum atomic E-state index is 12.4. The van der Waals surface area contributed by atoms with Crippen LogP contribution in [0.1, 0.15) is 23.0 Å². The topological polar surface area (TPSA) is 137 Å². The van der Waals surface area contributed by atoms with E-state index in [2.05, 4.69) is 0 Å². The fourth-order valence-electron chi connectivity index (χ4n) is 3.06. The van der Waals surface area contributed by atoms with E-state index in [9.17, 15) is 15.2 Å². The van der Waals surface area contributed by atoms with Crippen LogP contribution in [0, 0.1) is 11.3 Å². The molecule has 1 aliphatic heterocycles. The molecule has 0 saturated heterocycles. The number of benzene rings is 1. The van der Waals surface area contributed by atoms with Gasteiger partial charge in [-0.05, 0) is 17.7 Å². The number of allylic oxidation sites excluding steroid dienone is 1. The second kappa shape index (κ2) is 7.54. The highest BCUT2D eigenvalue weighted by molar-refractivity contribution is 5.59. The van der Waals surface area contributed by atoms with Crippen molar-refractivity contribution in [2.75, 3.05) is 21.3 Å².